The summed E-state index contributed by atoms with van der Waals surface area (Å²) in [5, 5.41) is 0.754. The fraction of sp³-hybridized carbons (Fsp3) is 0.375. The van der Waals surface area contributed by atoms with Gasteiger partial charge in [0.25, 0.3) is 5.82 Å². The van der Waals surface area contributed by atoms with Gasteiger partial charge in [-0.05, 0) is 11.6 Å². The van der Waals surface area contributed by atoms with Crippen molar-refractivity contribution in [3.8, 4) is 0 Å². The number of hydrogen-bond acceptors (Lipinski definition) is 0. The van der Waals surface area contributed by atoms with Crippen LogP contribution in [-0.2, 0) is 13.6 Å². The minimum Gasteiger partial charge on any atom is -1.00 e. The van der Waals surface area contributed by atoms with Crippen LogP contribution in [0.1, 0.15) is 5.82 Å². The molecule has 0 radical (unpaired) electrons. The summed E-state index contributed by atoms with van der Waals surface area (Å²) >= 11 is 5.88. The van der Waals surface area contributed by atoms with Crippen LogP contribution in [0.3, 0.4) is 0 Å². The average Bonchev–Trinajstić information content (AvgIpc) is 2.19. The second kappa shape index (κ2) is 4.53. The zero-order valence-electron chi connectivity index (χ0n) is 7.22. The smallest absolute Gasteiger partial charge is 0.254 e. The molecule has 1 aromatic heterocycles. The SMILES string of the molecule is C=CC[n+]1cc(Cl)n(C)c1C.[Cl-]. The molecule has 0 aliphatic heterocycles. The Morgan fingerprint density at radius 3 is 2.67 bits per heavy atom. The second-order valence-electron chi connectivity index (χ2n) is 2.50. The summed E-state index contributed by atoms with van der Waals surface area (Å²) in [4.78, 5) is 0. The molecule has 0 N–H and O–H groups in total. The van der Waals surface area contributed by atoms with Gasteiger partial charge in [-0.2, -0.15) is 0 Å². The maximum Gasteiger partial charge on any atom is 0.254 e. The first kappa shape index (κ1) is 11.5. The molecule has 1 heterocycles. The highest BCUT2D eigenvalue weighted by Gasteiger charge is 2.12. The molecule has 4 heteroatoms. The van der Waals surface area contributed by atoms with E-state index in [1.54, 1.807) is 0 Å². The molecule has 0 atom stereocenters. The highest BCUT2D eigenvalue weighted by Crippen LogP contribution is 2.05. The average molecular weight is 207 g/mol. The highest BCUT2D eigenvalue weighted by atomic mass is 35.5. The van der Waals surface area contributed by atoms with Crippen molar-refractivity contribution in [3.05, 3.63) is 29.8 Å². The molecular formula is C8H12Cl2N2. The zero-order chi connectivity index (χ0) is 8.43. The van der Waals surface area contributed by atoms with Crippen molar-refractivity contribution in [1.29, 1.82) is 0 Å². The molecule has 0 aliphatic carbocycles. The minimum atomic E-state index is 0. The molecule has 0 fully saturated rings. The third-order valence-electron chi connectivity index (χ3n) is 1.81. The summed E-state index contributed by atoms with van der Waals surface area (Å²) in [5.74, 6) is 1.13. The Morgan fingerprint density at radius 2 is 2.33 bits per heavy atom. The van der Waals surface area contributed by atoms with Crippen molar-refractivity contribution in [3.63, 3.8) is 0 Å². The van der Waals surface area contributed by atoms with Crippen molar-refractivity contribution >= 4 is 11.6 Å². The molecule has 12 heavy (non-hydrogen) atoms. The molecule has 0 saturated heterocycles. The second-order valence-corrected chi connectivity index (χ2v) is 2.89. The first-order chi connectivity index (χ1) is 5.16. The summed E-state index contributed by atoms with van der Waals surface area (Å²) in [6, 6.07) is 0. The van der Waals surface area contributed by atoms with E-state index < -0.39 is 0 Å². The molecule has 0 amide bonds. The lowest BCUT2D eigenvalue weighted by Crippen LogP contribution is -3.00. The quantitative estimate of drug-likeness (QED) is 0.410. The van der Waals surface area contributed by atoms with E-state index in [1.807, 2.05) is 30.8 Å². The fourth-order valence-electron chi connectivity index (χ4n) is 0.980. The molecular weight excluding hydrogens is 195 g/mol. The van der Waals surface area contributed by atoms with E-state index >= 15 is 0 Å². The Kier molecular flexibility index (Phi) is 4.35. The van der Waals surface area contributed by atoms with E-state index in [0.717, 1.165) is 17.5 Å². The largest absolute Gasteiger partial charge is 1.00 e. The van der Waals surface area contributed by atoms with Crippen molar-refractivity contribution < 1.29 is 17.0 Å². The summed E-state index contributed by atoms with van der Waals surface area (Å²) in [6.45, 7) is 6.50. The molecule has 0 saturated carbocycles. The number of hydrogen-bond donors (Lipinski definition) is 0. The topological polar surface area (TPSA) is 8.81 Å². The Hall–Kier alpha value is -0.470. The van der Waals surface area contributed by atoms with Gasteiger partial charge in [0.1, 0.15) is 12.7 Å². The van der Waals surface area contributed by atoms with Crippen LogP contribution in [0.25, 0.3) is 0 Å². The van der Waals surface area contributed by atoms with E-state index in [9.17, 15) is 0 Å². The molecule has 1 aromatic rings. The monoisotopic (exact) mass is 206 g/mol. The van der Waals surface area contributed by atoms with Gasteiger partial charge in [-0.3, -0.25) is 0 Å². The van der Waals surface area contributed by atoms with E-state index in [2.05, 4.69) is 11.1 Å². The maximum atomic E-state index is 5.88. The normalized spacial score (nSPS) is 9.25. The number of aromatic nitrogens is 2. The number of allylic oxidation sites excluding steroid dienone is 1. The first-order valence-corrected chi connectivity index (χ1v) is 3.86. The Labute approximate surface area is 83.9 Å². The number of rotatable bonds is 2. The predicted octanol–water partition coefficient (Wildman–Crippen LogP) is -1.54. The fourth-order valence-corrected chi connectivity index (χ4v) is 1.22. The van der Waals surface area contributed by atoms with Crippen molar-refractivity contribution in [2.75, 3.05) is 0 Å². The number of nitrogens with zero attached hydrogens (tertiary/aromatic N) is 2. The lowest BCUT2D eigenvalue weighted by Gasteiger charge is -1.91. The molecule has 1 rings (SSSR count). The van der Waals surface area contributed by atoms with Crippen LogP contribution in [0.5, 0.6) is 0 Å². The minimum absolute atomic E-state index is 0. The van der Waals surface area contributed by atoms with Gasteiger partial charge in [-0.25, -0.2) is 9.13 Å². The van der Waals surface area contributed by atoms with Crippen LogP contribution in [0, 0.1) is 6.92 Å². The molecule has 0 bridgehead atoms. The Balaban J connectivity index is 0.00000121. The molecule has 0 aliphatic rings. The van der Waals surface area contributed by atoms with E-state index in [0.29, 0.717) is 0 Å². The number of imidazole rings is 1. The molecule has 68 valence electrons. The van der Waals surface area contributed by atoms with E-state index in [-0.39, 0.29) is 12.4 Å². The Bertz CT molecular complexity index is 279. The van der Waals surface area contributed by atoms with Gasteiger partial charge >= 0.3 is 0 Å². The van der Waals surface area contributed by atoms with Crippen molar-refractivity contribution in [1.82, 2.24) is 4.57 Å². The van der Waals surface area contributed by atoms with Crippen molar-refractivity contribution in [2.24, 2.45) is 7.05 Å². The Morgan fingerprint density at radius 1 is 1.75 bits per heavy atom. The van der Waals surface area contributed by atoms with Gasteiger partial charge < -0.3 is 12.4 Å². The summed E-state index contributed by atoms with van der Waals surface area (Å²) < 4.78 is 3.99. The molecule has 0 spiro atoms. The van der Waals surface area contributed by atoms with Gasteiger partial charge in [0, 0.05) is 6.92 Å². The highest BCUT2D eigenvalue weighted by molar-refractivity contribution is 6.29. The maximum absolute atomic E-state index is 5.88. The third-order valence-corrected chi connectivity index (χ3v) is 2.16. The van der Waals surface area contributed by atoms with Crippen LogP contribution in [-0.4, -0.2) is 4.57 Å². The van der Waals surface area contributed by atoms with Gasteiger partial charge in [0.05, 0.1) is 7.05 Å². The van der Waals surface area contributed by atoms with Crippen LogP contribution in [0.2, 0.25) is 5.15 Å². The molecule has 0 aromatic carbocycles. The molecule has 2 nitrogen and oxygen atoms in total. The lowest BCUT2D eigenvalue weighted by atomic mass is 10.5. The summed E-state index contributed by atoms with van der Waals surface area (Å²) in [6.07, 6.45) is 3.75. The van der Waals surface area contributed by atoms with E-state index in [1.165, 1.54) is 0 Å². The van der Waals surface area contributed by atoms with Gasteiger partial charge in [0.2, 0.25) is 5.15 Å². The van der Waals surface area contributed by atoms with Crippen LogP contribution < -0.4 is 17.0 Å². The summed E-state index contributed by atoms with van der Waals surface area (Å²) in [5.41, 5.74) is 0. The van der Waals surface area contributed by atoms with Gasteiger partial charge in [-0.1, -0.05) is 12.7 Å². The predicted molar refractivity (Wildman–Crippen MR) is 45.6 cm³/mol. The van der Waals surface area contributed by atoms with Crippen LogP contribution in [0.15, 0.2) is 18.9 Å². The van der Waals surface area contributed by atoms with E-state index in [4.69, 9.17) is 11.6 Å². The third kappa shape index (κ3) is 2.02. The zero-order valence-corrected chi connectivity index (χ0v) is 8.73. The van der Waals surface area contributed by atoms with Crippen LogP contribution in [0.4, 0.5) is 0 Å². The van der Waals surface area contributed by atoms with Gasteiger partial charge in [-0.15, -0.1) is 0 Å². The standard InChI is InChI=1S/C8H12ClN2.ClH/c1-4-5-11-6-8(9)10(3)7(11)2;/h4,6H,1,5H2,2-3H3;1H/q+1;/p-1. The first-order valence-electron chi connectivity index (χ1n) is 3.49. The molecule has 0 unspecified atom stereocenters. The number of halogens is 2. The summed E-state index contributed by atoms with van der Waals surface area (Å²) in [7, 11) is 1.94. The van der Waals surface area contributed by atoms with Crippen LogP contribution >= 0.6 is 11.6 Å². The van der Waals surface area contributed by atoms with Crippen molar-refractivity contribution in [2.45, 2.75) is 13.5 Å². The lowest BCUT2D eigenvalue weighted by molar-refractivity contribution is -0.692. The van der Waals surface area contributed by atoms with Gasteiger partial charge in [0.15, 0.2) is 0 Å².